The number of esters is 1. The maximum Gasteiger partial charge on any atom is 0.353 e. The Morgan fingerprint density at radius 3 is 2.59 bits per heavy atom. The Hall–Kier alpha value is -4.08. The van der Waals surface area contributed by atoms with Crippen LogP contribution < -0.4 is 10.6 Å². The Balaban J connectivity index is 1.93. The van der Waals surface area contributed by atoms with Gasteiger partial charge in [0, 0.05) is 11.9 Å². The second kappa shape index (κ2) is 8.74. The zero-order valence-electron chi connectivity index (χ0n) is 15.7. The molecule has 0 atom stereocenters. The van der Waals surface area contributed by atoms with E-state index in [1.807, 2.05) is 13.0 Å². The molecule has 3 aromatic rings. The lowest BCUT2D eigenvalue weighted by Gasteiger charge is -2.10. The average molecular weight is 394 g/mol. The van der Waals surface area contributed by atoms with Gasteiger partial charge in [-0.25, -0.2) is 19.7 Å². The third-order valence-corrected chi connectivity index (χ3v) is 3.80. The third-order valence-electron chi connectivity index (χ3n) is 3.80. The molecule has 0 saturated heterocycles. The van der Waals surface area contributed by atoms with Gasteiger partial charge < -0.3 is 15.4 Å². The predicted octanol–water partition coefficient (Wildman–Crippen LogP) is 3.75. The summed E-state index contributed by atoms with van der Waals surface area (Å²) in [6.07, 6.45) is 2.79. The van der Waals surface area contributed by atoms with E-state index < -0.39 is 10.9 Å². The van der Waals surface area contributed by atoms with Crippen LogP contribution in [0.15, 0.2) is 48.9 Å². The molecule has 1 aromatic carbocycles. The molecule has 29 heavy (non-hydrogen) atoms. The molecule has 0 aliphatic carbocycles. The fourth-order valence-electron chi connectivity index (χ4n) is 2.54. The lowest BCUT2D eigenvalue weighted by molar-refractivity contribution is -0.383. The first-order valence-corrected chi connectivity index (χ1v) is 8.71. The molecule has 0 bridgehead atoms. The Kier molecular flexibility index (Phi) is 5.93. The quantitative estimate of drug-likeness (QED) is 0.349. The number of nitrogens with one attached hydrogen (secondary N) is 2. The fraction of sp³-hybridized carbons (Fsp3) is 0.158. The van der Waals surface area contributed by atoms with E-state index in [9.17, 15) is 14.9 Å². The number of aryl methyl sites for hydroxylation is 1. The molecule has 0 radical (unpaired) electrons. The monoisotopic (exact) mass is 394 g/mol. The van der Waals surface area contributed by atoms with Gasteiger partial charge in [-0.2, -0.15) is 0 Å². The zero-order chi connectivity index (χ0) is 20.8. The SMILES string of the molecule is CCOC(=O)c1cccc(Nc2ncnc(Nc3cc(C)ccn3)c2[N+](=O)[O-])c1. The third kappa shape index (κ3) is 4.80. The van der Waals surface area contributed by atoms with Crippen LogP contribution in [0.3, 0.4) is 0 Å². The van der Waals surface area contributed by atoms with Crippen LogP contribution in [0.5, 0.6) is 0 Å². The minimum atomic E-state index is -0.588. The molecule has 2 aromatic heterocycles. The van der Waals surface area contributed by atoms with Crippen molar-refractivity contribution in [1.82, 2.24) is 15.0 Å². The number of pyridine rings is 1. The zero-order valence-corrected chi connectivity index (χ0v) is 15.7. The molecule has 148 valence electrons. The molecule has 0 amide bonds. The number of ether oxygens (including phenoxy) is 1. The van der Waals surface area contributed by atoms with E-state index in [2.05, 4.69) is 25.6 Å². The van der Waals surface area contributed by atoms with Gasteiger partial charge in [0.2, 0.25) is 11.6 Å². The Labute approximate surface area is 166 Å². The van der Waals surface area contributed by atoms with E-state index in [0.717, 1.165) is 5.56 Å². The normalized spacial score (nSPS) is 10.3. The van der Waals surface area contributed by atoms with Crippen molar-refractivity contribution in [3.63, 3.8) is 0 Å². The number of benzene rings is 1. The molecule has 10 heteroatoms. The molecule has 0 spiro atoms. The number of nitrogens with zero attached hydrogens (tertiary/aromatic N) is 4. The van der Waals surface area contributed by atoms with Gasteiger partial charge in [0.25, 0.3) is 0 Å². The molecular weight excluding hydrogens is 376 g/mol. The van der Waals surface area contributed by atoms with Gasteiger partial charge >= 0.3 is 11.7 Å². The highest BCUT2D eigenvalue weighted by molar-refractivity contribution is 5.91. The molecule has 0 unspecified atom stereocenters. The minimum Gasteiger partial charge on any atom is -0.462 e. The van der Waals surface area contributed by atoms with Crippen LogP contribution in [0.2, 0.25) is 0 Å². The number of hydrogen-bond donors (Lipinski definition) is 2. The van der Waals surface area contributed by atoms with Crippen molar-refractivity contribution >= 4 is 34.8 Å². The number of aromatic nitrogens is 3. The van der Waals surface area contributed by atoms with Crippen LogP contribution in [-0.4, -0.2) is 32.5 Å². The topological polar surface area (TPSA) is 132 Å². The minimum absolute atomic E-state index is 0.00727. The standard InChI is InChI=1S/C19H18N6O4/c1-3-29-19(26)13-5-4-6-14(10-13)23-17-16(25(27)28)18(22-11-21-17)24-15-9-12(2)7-8-20-15/h4-11H,3H2,1-2H3,(H2,20,21,22,23,24). The summed E-state index contributed by atoms with van der Waals surface area (Å²) in [4.78, 5) is 35.1. The van der Waals surface area contributed by atoms with Gasteiger partial charge in [-0.05, 0) is 49.7 Å². The smallest absolute Gasteiger partial charge is 0.353 e. The van der Waals surface area contributed by atoms with Crippen LogP contribution in [0, 0.1) is 17.0 Å². The highest BCUT2D eigenvalue weighted by atomic mass is 16.6. The summed E-state index contributed by atoms with van der Waals surface area (Å²) in [5, 5.41) is 17.4. The van der Waals surface area contributed by atoms with Crippen molar-refractivity contribution in [2.24, 2.45) is 0 Å². The van der Waals surface area contributed by atoms with Gasteiger partial charge in [-0.15, -0.1) is 0 Å². The largest absolute Gasteiger partial charge is 0.462 e. The molecular formula is C19H18N6O4. The first-order chi connectivity index (χ1) is 14.0. The number of carbonyl (C=O) groups excluding carboxylic acids is 1. The average Bonchev–Trinajstić information content (AvgIpc) is 2.68. The maximum absolute atomic E-state index is 11.9. The van der Waals surface area contributed by atoms with Crippen molar-refractivity contribution in [1.29, 1.82) is 0 Å². The summed E-state index contributed by atoms with van der Waals surface area (Å²) in [7, 11) is 0. The summed E-state index contributed by atoms with van der Waals surface area (Å²) in [6.45, 7) is 3.84. The van der Waals surface area contributed by atoms with E-state index in [1.165, 1.54) is 12.4 Å². The first kappa shape index (κ1) is 19.7. The van der Waals surface area contributed by atoms with Crippen molar-refractivity contribution in [2.75, 3.05) is 17.2 Å². The summed E-state index contributed by atoms with van der Waals surface area (Å²) < 4.78 is 4.97. The van der Waals surface area contributed by atoms with Crippen molar-refractivity contribution in [3.8, 4) is 0 Å². The van der Waals surface area contributed by atoms with E-state index in [4.69, 9.17) is 4.74 Å². The Bertz CT molecular complexity index is 1060. The van der Waals surface area contributed by atoms with Crippen LogP contribution in [0.25, 0.3) is 0 Å². The Morgan fingerprint density at radius 2 is 1.90 bits per heavy atom. The van der Waals surface area contributed by atoms with Gasteiger partial charge in [-0.3, -0.25) is 10.1 Å². The maximum atomic E-state index is 11.9. The predicted molar refractivity (Wildman–Crippen MR) is 107 cm³/mol. The molecule has 0 fully saturated rings. The van der Waals surface area contributed by atoms with Crippen LogP contribution in [0.4, 0.5) is 28.8 Å². The van der Waals surface area contributed by atoms with E-state index >= 15 is 0 Å². The lowest BCUT2D eigenvalue weighted by Crippen LogP contribution is -2.07. The summed E-state index contributed by atoms with van der Waals surface area (Å²) in [5.74, 6) is -0.100. The van der Waals surface area contributed by atoms with Crippen LogP contribution in [-0.2, 0) is 4.74 Å². The number of carbonyl (C=O) groups is 1. The van der Waals surface area contributed by atoms with E-state index in [1.54, 1.807) is 37.4 Å². The second-order valence-electron chi connectivity index (χ2n) is 5.95. The van der Waals surface area contributed by atoms with Gasteiger partial charge in [-0.1, -0.05) is 6.07 Å². The second-order valence-corrected chi connectivity index (χ2v) is 5.95. The van der Waals surface area contributed by atoms with Crippen molar-refractivity contribution in [2.45, 2.75) is 13.8 Å². The number of hydrogen-bond acceptors (Lipinski definition) is 9. The van der Waals surface area contributed by atoms with Gasteiger partial charge in [0.1, 0.15) is 12.1 Å². The Morgan fingerprint density at radius 1 is 1.14 bits per heavy atom. The molecule has 0 saturated carbocycles. The van der Waals surface area contributed by atoms with Gasteiger partial charge in [0.05, 0.1) is 17.1 Å². The fourth-order valence-corrected chi connectivity index (χ4v) is 2.54. The molecule has 2 heterocycles. The number of nitro groups is 1. The summed E-state index contributed by atoms with van der Waals surface area (Å²) in [5.41, 5.74) is 1.35. The molecule has 2 N–H and O–H groups in total. The highest BCUT2D eigenvalue weighted by Gasteiger charge is 2.24. The van der Waals surface area contributed by atoms with Crippen molar-refractivity contribution in [3.05, 3.63) is 70.2 Å². The van der Waals surface area contributed by atoms with E-state index in [-0.39, 0.29) is 23.9 Å². The van der Waals surface area contributed by atoms with Gasteiger partial charge in [0.15, 0.2) is 0 Å². The van der Waals surface area contributed by atoms with Crippen LogP contribution in [0.1, 0.15) is 22.8 Å². The van der Waals surface area contributed by atoms with Crippen LogP contribution >= 0.6 is 0 Å². The summed E-state index contributed by atoms with van der Waals surface area (Å²) in [6, 6.07) is 9.96. The summed E-state index contributed by atoms with van der Waals surface area (Å²) >= 11 is 0. The molecule has 3 rings (SSSR count). The highest BCUT2D eigenvalue weighted by Crippen LogP contribution is 2.32. The van der Waals surface area contributed by atoms with Crippen molar-refractivity contribution < 1.29 is 14.5 Å². The molecule has 0 aliphatic heterocycles. The first-order valence-electron chi connectivity index (χ1n) is 8.71. The number of anilines is 4. The molecule has 0 aliphatic rings. The molecule has 10 nitrogen and oxygen atoms in total. The number of rotatable bonds is 7. The lowest BCUT2D eigenvalue weighted by atomic mass is 10.2. The van der Waals surface area contributed by atoms with E-state index in [0.29, 0.717) is 17.1 Å².